The van der Waals surface area contributed by atoms with Gasteiger partial charge in [0.05, 0.1) is 21.3 Å². The van der Waals surface area contributed by atoms with Gasteiger partial charge in [0.1, 0.15) is 36.1 Å². The predicted molar refractivity (Wildman–Crippen MR) is 134 cm³/mol. The average molecular weight is 480 g/mol. The lowest BCUT2D eigenvalue weighted by atomic mass is 9.94. The van der Waals surface area contributed by atoms with Crippen molar-refractivity contribution in [1.82, 2.24) is 4.90 Å². The molecule has 0 radical (unpaired) electrons. The summed E-state index contributed by atoms with van der Waals surface area (Å²) in [6, 6.07) is 19.1. The first-order valence-electron chi connectivity index (χ1n) is 11.6. The molecule has 0 spiro atoms. The van der Waals surface area contributed by atoms with Gasteiger partial charge in [-0.2, -0.15) is 0 Å². The van der Waals surface area contributed by atoms with Crippen LogP contribution in [0.3, 0.4) is 0 Å². The van der Waals surface area contributed by atoms with E-state index in [-0.39, 0.29) is 6.61 Å². The van der Waals surface area contributed by atoms with Gasteiger partial charge in [-0.1, -0.05) is 24.3 Å². The molecule has 4 rings (SSSR count). The van der Waals surface area contributed by atoms with Gasteiger partial charge < -0.3 is 28.8 Å². The van der Waals surface area contributed by atoms with Crippen molar-refractivity contribution in [3.05, 3.63) is 77.4 Å². The second-order valence-electron chi connectivity index (χ2n) is 8.78. The number of para-hydroxylation sites is 1. The first-order valence-corrected chi connectivity index (χ1v) is 11.6. The molecular weight excluding hydrogens is 446 g/mol. The van der Waals surface area contributed by atoms with Crippen molar-refractivity contribution >= 4 is 0 Å². The van der Waals surface area contributed by atoms with E-state index in [9.17, 15) is 5.11 Å². The normalized spacial score (nSPS) is 15.2. The molecule has 3 aromatic rings. The predicted octanol–water partition coefficient (Wildman–Crippen LogP) is 4.39. The fourth-order valence-corrected chi connectivity index (χ4v) is 4.20. The van der Waals surface area contributed by atoms with Crippen molar-refractivity contribution in [2.24, 2.45) is 0 Å². The molecule has 0 saturated heterocycles. The molecule has 186 valence electrons. The smallest absolute Gasteiger partial charge is 0.164 e. The first kappa shape index (κ1) is 24.7. The summed E-state index contributed by atoms with van der Waals surface area (Å²) in [5.41, 5.74) is 1.63. The summed E-state index contributed by atoms with van der Waals surface area (Å²) < 4.78 is 28.4. The number of methoxy groups -OCH3 is 3. The Morgan fingerprint density at radius 1 is 0.914 bits per heavy atom. The molecule has 0 bridgehead atoms. The van der Waals surface area contributed by atoms with Crippen LogP contribution in [-0.4, -0.2) is 51.1 Å². The van der Waals surface area contributed by atoms with Crippen LogP contribution in [0.15, 0.2) is 60.7 Å². The second-order valence-corrected chi connectivity index (χ2v) is 8.78. The fraction of sp³-hybridized carbons (Fsp3) is 0.357. The fourth-order valence-electron chi connectivity index (χ4n) is 4.20. The Morgan fingerprint density at radius 2 is 1.63 bits per heavy atom. The van der Waals surface area contributed by atoms with E-state index in [1.165, 1.54) is 0 Å². The van der Waals surface area contributed by atoms with E-state index in [1.807, 2.05) is 60.7 Å². The molecule has 1 N–H and O–H groups in total. The lowest BCUT2D eigenvalue weighted by Crippen LogP contribution is -2.30. The molecule has 0 aromatic heterocycles. The SMILES string of the molecule is COc1cc(OC)c(OC)cc1CN1CCOc2ccc([C@@](C)(O)COc3ccccc3)cc2C1. The van der Waals surface area contributed by atoms with Gasteiger partial charge in [0.15, 0.2) is 11.5 Å². The maximum Gasteiger partial charge on any atom is 0.164 e. The third-order valence-corrected chi connectivity index (χ3v) is 6.19. The van der Waals surface area contributed by atoms with Crippen LogP contribution in [0, 0.1) is 0 Å². The third-order valence-electron chi connectivity index (χ3n) is 6.19. The zero-order valence-electron chi connectivity index (χ0n) is 20.7. The van der Waals surface area contributed by atoms with Crippen LogP contribution in [0.1, 0.15) is 23.6 Å². The molecule has 1 atom stereocenters. The summed E-state index contributed by atoms with van der Waals surface area (Å²) in [5.74, 6) is 3.58. The van der Waals surface area contributed by atoms with Crippen molar-refractivity contribution in [2.45, 2.75) is 25.6 Å². The topological polar surface area (TPSA) is 69.6 Å². The zero-order chi connectivity index (χ0) is 24.8. The number of rotatable bonds is 9. The third kappa shape index (κ3) is 5.81. The van der Waals surface area contributed by atoms with Crippen molar-refractivity contribution in [3.63, 3.8) is 0 Å². The molecular formula is C28H33NO6. The number of hydrogen-bond donors (Lipinski definition) is 1. The van der Waals surface area contributed by atoms with E-state index in [0.29, 0.717) is 31.2 Å². The van der Waals surface area contributed by atoms with Gasteiger partial charge >= 0.3 is 0 Å². The molecule has 7 heteroatoms. The summed E-state index contributed by atoms with van der Waals surface area (Å²) >= 11 is 0. The van der Waals surface area contributed by atoms with Crippen LogP contribution in [0.25, 0.3) is 0 Å². The molecule has 1 aliphatic heterocycles. The number of aliphatic hydroxyl groups is 1. The Hall–Kier alpha value is -3.42. The zero-order valence-corrected chi connectivity index (χ0v) is 20.7. The molecule has 3 aromatic carbocycles. The summed E-state index contributed by atoms with van der Waals surface area (Å²) in [7, 11) is 4.88. The lowest BCUT2D eigenvalue weighted by molar-refractivity contribution is 0.00748. The molecule has 0 amide bonds. The Labute approximate surface area is 206 Å². The first-order chi connectivity index (χ1) is 16.9. The summed E-state index contributed by atoms with van der Waals surface area (Å²) in [4.78, 5) is 2.29. The van der Waals surface area contributed by atoms with E-state index in [4.69, 9.17) is 23.7 Å². The monoisotopic (exact) mass is 479 g/mol. The van der Waals surface area contributed by atoms with Crippen molar-refractivity contribution in [3.8, 4) is 28.7 Å². The maximum atomic E-state index is 11.2. The molecule has 1 heterocycles. The highest BCUT2D eigenvalue weighted by Gasteiger charge is 2.27. The highest BCUT2D eigenvalue weighted by atomic mass is 16.5. The number of ether oxygens (including phenoxy) is 5. The molecule has 0 fully saturated rings. The van der Waals surface area contributed by atoms with Gasteiger partial charge in [0, 0.05) is 36.8 Å². The molecule has 35 heavy (non-hydrogen) atoms. The Balaban J connectivity index is 1.53. The van der Waals surface area contributed by atoms with Crippen molar-refractivity contribution in [1.29, 1.82) is 0 Å². The van der Waals surface area contributed by atoms with Crippen LogP contribution in [0.2, 0.25) is 0 Å². The maximum absolute atomic E-state index is 11.2. The lowest BCUT2D eigenvalue weighted by Gasteiger charge is -2.26. The number of hydrogen-bond acceptors (Lipinski definition) is 7. The van der Waals surface area contributed by atoms with Gasteiger partial charge in [-0.15, -0.1) is 0 Å². The van der Waals surface area contributed by atoms with Gasteiger partial charge in [0.25, 0.3) is 0 Å². The quantitative estimate of drug-likeness (QED) is 0.488. The van der Waals surface area contributed by atoms with Crippen LogP contribution >= 0.6 is 0 Å². The largest absolute Gasteiger partial charge is 0.496 e. The molecule has 1 aliphatic rings. The number of fused-ring (bicyclic) bond motifs is 1. The van der Waals surface area contributed by atoms with Gasteiger partial charge in [-0.3, -0.25) is 4.90 Å². The van der Waals surface area contributed by atoms with Crippen LogP contribution in [0.4, 0.5) is 0 Å². The molecule has 0 saturated carbocycles. The van der Waals surface area contributed by atoms with Crippen LogP contribution in [-0.2, 0) is 18.7 Å². The van der Waals surface area contributed by atoms with E-state index in [2.05, 4.69) is 4.90 Å². The van der Waals surface area contributed by atoms with E-state index >= 15 is 0 Å². The van der Waals surface area contributed by atoms with Crippen LogP contribution < -0.4 is 23.7 Å². The minimum absolute atomic E-state index is 0.142. The van der Waals surface area contributed by atoms with Crippen molar-refractivity contribution in [2.75, 3.05) is 41.1 Å². The van der Waals surface area contributed by atoms with E-state index in [0.717, 1.165) is 40.5 Å². The average Bonchev–Trinajstić information content (AvgIpc) is 3.09. The molecule has 7 nitrogen and oxygen atoms in total. The molecule has 0 aliphatic carbocycles. The highest BCUT2D eigenvalue weighted by Crippen LogP contribution is 2.36. The molecule has 0 unspecified atom stereocenters. The number of nitrogens with zero attached hydrogens (tertiary/aromatic N) is 1. The highest BCUT2D eigenvalue weighted by molar-refractivity contribution is 5.51. The van der Waals surface area contributed by atoms with Crippen LogP contribution in [0.5, 0.6) is 28.7 Å². The van der Waals surface area contributed by atoms with E-state index < -0.39 is 5.60 Å². The Kier molecular flexibility index (Phi) is 7.68. The summed E-state index contributed by atoms with van der Waals surface area (Å²) in [6.45, 7) is 4.52. The van der Waals surface area contributed by atoms with Gasteiger partial charge in [0.2, 0.25) is 0 Å². The Morgan fingerprint density at radius 3 is 2.34 bits per heavy atom. The van der Waals surface area contributed by atoms with E-state index in [1.54, 1.807) is 28.3 Å². The van der Waals surface area contributed by atoms with Crippen molar-refractivity contribution < 1.29 is 28.8 Å². The minimum atomic E-state index is -1.16. The summed E-state index contributed by atoms with van der Waals surface area (Å²) in [5, 5.41) is 11.2. The number of benzene rings is 3. The Bertz CT molecular complexity index is 1130. The van der Waals surface area contributed by atoms with Gasteiger partial charge in [-0.25, -0.2) is 0 Å². The summed E-state index contributed by atoms with van der Waals surface area (Å²) in [6.07, 6.45) is 0. The second kappa shape index (κ2) is 10.9. The van der Waals surface area contributed by atoms with Gasteiger partial charge in [-0.05, 0) is 42.8 Å². The standard InChI is InChI=1S/C28H33NO6/c1-28(30,19-35-23-8-6-5-7-9-23)22-10-11-24-20(14-22)17-29(12-13-34-24)18-21-15-26(32-3)27(33-4)16-25(21)31-2/h5-11,14-16,30H,12-13,17-19H2,1-4H3/t28-/m0/s1. The minimum Gasteiger partial charge on any atom is -0.496 e.